The highest BCUT2D eigenvalue weighted by molar-refractivity contribution is 5.99. The van der Waals surface area contributed by atoms with E-state index in [1.54, 1.807) is 0 Å². The average molecular weight is 275 g/mol. The molecule has 0 aromatic heterocycles. The molecular weight excluding hydrogens is 250 g/mol. The topological polar surface area (TPSA) is 29.5 Å². The molecule has 0 radical (unpaired) electrons. The van der Waals surface area contributed by atoms with Crippen LogP contribution in [0.2, 0.25) is 0 Å². The molecule has 1 fully saturated rings. The van der Waals surface area contributed by atoms with Gasteiger partial charge in [0.15, 0.2) is 5.78 Å². The van der Waals surface area contributed by atoms with Gasteiger partial charge >= 0.3 is 0 Å². The normalized spacial score (nSPS) is 20.3. The lowest BCUT2D eigenvalue weighted by Crippen LogP contribution is -2.46. The van der Waals surface area contributed by atoms with Crippen molar-refractivity contribution in [2.24, 2.45) is 0 Å². The lowest BCUT2D eigenvalue weighted by molar-refractivity contribution is -0.0163. The third-order valence-electron chi connectivity index (χ3n) is 3.84. The summed E-state index contributed by atoms with van der Waals surface area (Å²) < 4.78 is 5.66. The van der Waals surface area contributed by atoms with Crippen LogP contribution in [-0.4, -0.2) is 43.0 Å². The molecule has 0 aliphatic carbocycles. The summed E-state index contributed by atoms with van der Waals surface area (Å²) in [7, 11) is 0. The van der Waals surface area contributed by atoms with Gasteiger partial charge in [-0.2, -0.15) is 0 Å². The quantitative estimate of drug-likeness (QED) is 0.773. The van der Waals surface area contributed by atoms with E-state index >= 15 is 0 Å². The smallest absolute Gasteiger partial charge is 0.192 e. The first-order chi connectivity index (χ1) is 9.61. The van der Waals surface area contributed by atoms with E-state index < -0.39 is 0 Å². The Morgan fingerprint density at radius 1 is 1.35 bits per heavy atom. The summed E-state index contributed by atoms with van der Waals surface area (Å²) in [5, 5.41) is 0. The van der Waals surface area contributed by atoms with Gasteiger partial charge in [-0.05, 0) is 24.4 Å². The van der Waals surface area contributed by atoms with Crippen LogP contribution in [0.25, 0.3) is 0 Å². The molecule has 1 aromatic carbocycles. The summed E-state index contributed by atoms with van der Waals surface area (Å²) in [5.41, 5.74) is 2.02. The van der Waals surface area contributed by atoms with Gasteiger partial charge < -0.3 is 4.74 Å². The van der Waals surface area contributed by atoms with Crippen LogP contribution in [0.3, 0.4) is 0 Å². The molecule has 1 atom stereocenters. The number of Topliss-reactive ketones (excluding diaryl/α,β-unsaturated/α-hetero) is 1. The number of ether oxygens (including phenoxy) is 1. The van der Waals surface area contributed by atoms with Crippen molar-refractivity contribution in [3.8, 4) is 0 Å². The fourth-order valence-electron chi connectivity index (χ4n) is 2.60. The number of nitrogens with zero attached hydrogens (tertiary/aromatic N) is 1. The second kappa shape index (κ2) is 7.00. The fraction of sp³-hybridized carbons (Fsp3) is 0.588. The van der Waals surface area contributed by atoms with Gasteiger partial charge in [0.25, 0.3) is 0 Å². The summed E-state index contributed by atoms with van der Waals surface area (Å²) in [6, 6.07) is 7.95. The molecule has 0 saturated carbocycles. The zero-order valence-corrected chi connectivity index (χ0v) is 12.8. The molecule has 0 N–H and O–H groups in total. The van der Waals surface area contributed by atoms with Gasteiger partial charge in [0, 0.05) is 18.7 Å². The minimum Gasteiger partial charge on any atom is -0.367 e. The van der Waals surface area contributed by atoms with Crippen molar-refractivity contribution < 1.29 is 9.53 Å². The van der Waals surface area contributed by atoms with E-state index in [2.05, 4.69) is 25.7 Å². The van der Waals surface area contributed by atoms with Crippen molar-refractivity contribution >= 4 is 5.78 Å². The zero-order chi connectivity index (χ0) is 14.5. The predicted molar refractivity (Wildman–Crippen MR) is 81.3 cm³/mol. The Labute approximate surface area is 121 Å². The largest absolute Gasteiger partial charge is 0.367 e. The third-order valence-corrected chi connectivity index (χ3v) is 3.84. The fourth-order valence-corrected chi connectivity index (χ4v) is 2.60. The Balaban J connectivity index is 2.02. The lowest BCUT2D eigenvalue weighted by Gasteiger charge is -2.31. The highest BCUT2D eigenvalue weighted by atomic mass is 16.5. The van der Waals surface area contributed by atoms with Crippen LogP contribution in [0.4, 0.5) is 0 Å². The molecule has 110 valence electrons. The van der Waals surface area contributed by atoms with Crippen molar-refractivity contribution in [3.63, 3.8) is 0 Å². The van der Waals surface area contributed by atoms with E-state index in [0.717, 1.165) is 31.6 Å². The van der Waals surface area contributed by atoms with Gasteiger partial charge in [0.05, 0.1) is 6.61 Å². The number of ketones is 1. The Kier molecular flexibility index (Phi) is 5.32. The maximum absolute atomic E-state index is 12.5. The highest BCUT2D eigenvalue weighted by Crippen LogP contribution is 2.17. The molecule has 0 amide bonds. The van der Waals surface area contributed by atoms with E-state index in [4.69, 9.17) is 4.74 Å². The molecule has 1 aromatic rings. The molecule has 1 heterocycles. The number of carbonyl (C=O) groups excluding carboxylic acids is 1. The molecule has 3 nitrogen and oxygen atoms in total. The Hall–Kier alpha value is -1.19. The summed E-state index contributed by atoms with van der Waals surface area (Å²) in [6.07, 6.45) is 0.810. The van der Waals surface area contributed by atoms with Crippen LogP contribution < -0.4 is 0 Å². The third kappa shape index (κ3) is 3.68. The van der Waals surface area contributed by atoms with E-state index in [1.807, 2.05) is 24.3 Å². The number of hydrogen-bond donors (Lipinski definition) is 0. The van der Waals surface area contributed by atoms with Gasteiger partial charge in [-0.1, -0.05) is 45.0 Å². The first-order valence-corrected chi connectivity index (χ1v) is 7.60. The van der Waals surface area contributed by atoms with Crippen LogP contribution in [0, 0.1) is 0 Å². The van der Waals surface area contributed by atoms with E-state index in [-0.39, 0.29) is 11.9 Å². The van der Waals surface area contributed by atoms with Gasteiger partial charge in [-0.3, -0.25) is 9.69 Å². The standard InChI is InChI=1S/C17H25NO2/c1-4-9-18-10-11-20-16(12-18)17(19)15-7-5-14(6-8-15)13(2)3/h5-8,13,16H,4,9-12H2,1-3H3. The van der Waals surface area contributed by atoms with Gasteiger partial charge in [-0.15, -0.1) is 0 Å². The van der Waals surface area contributed by atoms with Gasteiger partial charge in [-0.25, -0.2) is 0 Å². The Bertz CT molecular complexity index is 437. The number of morpholine rings is 1. The van der Waals surface area contributed by atoms with E-state index in [9.17, 15) is 4.79 Å². The van der Waals surface area contributed by atoms with E-state index in [1.165, 1.54) is 5.56 Å². The second-order valence-corrected chi connectivity index (χ2v) is 5.80. The molecule has 1 aliphatic heterocycles. The molecule has 2 rings (SSSR count). The minimum atomic E-state index is -0.305. The lowest BCUT2D eigenvalue weighted by atomic mass is 9.98. The first-order valence-electron chi connectivity index (χ1n) is 7.60. The van der Waals surface area contributed by atoms with Crippen LogP contribution in [-0.2, 0) is 4.74 Å². The highest BCUT2D eigenvalue weighted by Gasteiger charge is 2.26. The minimum absolute atomic E-state index is 0.112. The maximum atomic E-state index is 12.5. The number of benzene rings is 1. The van der Waals surface area contributed by atoms with Crippen molar-refractivity contribution in [2.45, 2.75) is 39.2 Å². The van der Waals surface area contributed by atoms with Gasteiger partial charge in [0.1, 0.15) is 6.10 Å². The SMILES string of the molecule is CCCN1CCOC(C(=O)c2ccc(C(C)C)cc2)C1. The molecule has 1 aliphatic rings. The zero-order valence-electron chi connectivity index (χ0n) is 12.8. The van der Waals surface area contributed by atoms with Crippen LogP contribution in [0.1, 0.15) is 49.0 Å². The monoisotopic (exact) mass is 275 g/mol. The number of hydrogen-bond acceptors (Lipinski definition) is 3. The van der Waals surface area contributed by atoms with E-state index in [0.29, 0.717) is 12.5 Å². The number of rotatable bonds is 5. The molecule has 1 unspecified atom stereocenters. The molecule has 0 spiro atoms. The van der Waals surface area contributed by atoms with Crippen molar-refractivity contribution in [1.29, 1.82) is 0 Å². The predicted octanol–water partition coefficient (Wildman–Crippen LogP) is 3.10. The molecule has 20 heavy (non-hydrogen) atoms. The van der Waals surface area contributed by atoms with Crippen molar-refractivity contribution in [1.82, 2.24) is 4.90 Å². The van der Waals surface area contributed by atoms with Crippen molar-refractivity contribution in [2.75, 3.05) is 26.2 Å². The molecule has 3 heteroatoms. The van der Waals surface area contributed by atoms with Gasteiger partial charge in [0.2, 0.25) is 0 Å². The number of carbonyl (C=O) groups is 1. The maximum Gasteiger partial charge on any atom is 0.192 e. The van der Waals surface area contributed by atoms with Crippen LogP contribution >= 0.6 is 0 Å². The summed E-state index contributed by atoms with van der Waals surface area (Å²) in [6.45, 7) is 9.83. The molecule has 0 bridgehead atoms. The van der Waals surface area contributed by atoms with Crippen LogP contribution in [0.15, 0.2) is 24.3 Å². The molecular formula is C17H25NO2. The Morgan fingerprint density at radius 2 is 2.05 bits per heavy atom. The van der Waals surface area contributed by atoms with Crippen molar-refractivity contribution in [3.05, 3.63) is 35.4 Å². The second-order valence-electron chi connectivity index (χ2n) is 5.80. The summed E-state index contributed by atoms with van der Waals surface area (Å²) in [4.78, 5) is 14.8. The summed E-state index contributed by atoms with van der Waals surface area (Å²) >= 11 is 0. The summed E-state index contributed by atoms with van der Waals surface area (Å²) in [5.74, 6) is 0.603. The molecule has 1 saturated heterocycles. The average Bonchev–Trinajstić information content (AvgIpc) is 2.47. The first kappa shape index (κ1) is 15.2. The Morgan fingerprint density at radius 3 is 2.65 bits per heavy atom. The van der Waals surface area contributed by atoms with Crippen LogP contribution in [0.5, 0.6) is 0 Å².